The molecular formula is C16H16N4O5S. The molecule has 0 fully saturated rings. The second kappa shape index (κ2) is 7.50. The highest BCUT2D eigenvalue weighted by atomic mass is 32.2. The molecule has 26 heavy (non-hydrogen) atoms. The lowest BCUT2D eigenvalue weighted by atomic mass is 10.2. The predicted molar refractivity (Wildman–Crippen MR) is 89.3 cm³/mol. The molecule has 2 heterocycles. The summed E-state index contributed by atoms with van der Waals surface area (Å²) in [6.45, 7) is 0.236. The number of amides is 1. The van der Waals surface area contributed by atoms with Crippen molar-refractivity contribution in [2.75, 3.05) is 7.05 Å². The van der Waals surface area contributed by atoms with Gasteiger partial charge in [-0.1, -0.05) is 16.4 Å². The zero-order valence-corrected chi connectivity index (χ0v) is 14.6. The summed E-state index contributed by atoms with van der Waals surface area (Å²) in [6.07, 6.45) is 2.77. The van der Waals surface area contributed by atoms with Gasteiger partial charge < -0.3 is 14.4 Å². The highest BCUT2D eigenvalue weighted by Gasteiger charge is 2.23. The fourth-order valence-corrected chi connectivity index (χ4v) is 3.40. The summed E-state index contributed by atoms with van der Waals surface area (Å²) in [6, 6.07) is 9.02. The number of rotatable bonds is 7. The molecule has 0 spiro atoms. The van der Waals surface area contributed by atoms with Crippen molar-refractivity contribution < 1.29 is 22.3 Å². The molecule has 0 saturated heterocycles. The van der Waals surface area contributed by atoms with Gasteiger partial charge in [0.1, 0.15) is 18.2 Å². The number of benzene rings is 1. The Morgan fingerprint density at radius 1 is 1.12 bits per heavy atom. The molecule has 0 aliphatic carbocycles. The number of hydrogen-bond donors (Lipinski definition) is 1. The van der Waals surface area contributed by atoms with Gasteiger partial charge in [0.25, 0.3) is 5.91 Å². The third-order valence-corrected chi connectivity index (χ3v) is 5.40. The minimum absolute atomic E-state index is 0.0116. The lowest BCUT2D eigenvalue weighted by Crippen LogP contribution is -2.27. The van der Waals surface area contributed by atoms with Crippen molar-refractivity contribution in [2.45, 2.75) is 18.0 Å². The Labute approximate surface area is 149 Å². The van der Waals surface area contributed by atoms with Gasteiger partial charge in [0.15, 0.2) is 0 Å². The summed E-state index contributed by atoms with van der Waals surface area (Å²) in [5, 5.41) is 10.0. The molecule has 0 unspecified atom stereocenters. The largest absolute Gasteiger partial charge is 0.364 e. The van der Waals surface area contributed by atoms with Gasteiger partial charge in [0, 0.05) is 24.7 Å². The molecule has 0 bridgehead atoms. The van der Waals surface area contributed by atoms with E-state index >= 15 is 0 Å². The van der Waals surface area contributed by atoms with Crippen LogP contribution in [-0.4, -0.2) is 36.0 Å². The van der Waals surface area contributed by atoms with E-state index in [2.05, 4.69) is 20.2 Å². The first-order valence-corrected chi connectivity index (χ1v) is 9.04. The molecule has 1 N–H and O–H groups in total. The van der Waals surface area contributed by atoms with Crippen LogP contribution in [0, 0.1) is 0 Å². The van der Waals surface area contributed by atoms with Crippen molar-refractivity contribution in [1.29, 1.82) is 0 Å². The number of hydrogen-bond acceptors (Lipinski definition) is 7. The molecule has 0 atom stereocenters. The highest BCUT2D eigenvalue weighted by Crippen LogP contribution is 2.18. The number of sulfonamides is 1. The van der Waals surface area contributed by atoms with Crippen LogP contribution in [0.3, 0.4) is 0 Å². The molecule has 2 aromatic heterocycles. The van der Waals surface area contributed by atoms with Crippen LogP contribution in [0.4, 0.5) is 0 Å². The molecule has 136 valence electrons. The average molecular weight is 376 g/mol. The minimum Gasteiger partial charge on any atom is -0.364 e. The molecule has 0 radical (unpaired) electrons. The van der Waals surface area contributed by atoms with Crippen LogP contribution >= 0.6 is 0 Å². The van der Waals surface area contributed by atoms with E-state index in [0.29, 0.717) is 11.4 Å². The summed E-state index contributed by atoms with van der Waals surface area (Å²) >= 11 is 0. The lowest BCUT2D eigenvalue weighted by Gasteiger charge is -2.16. The van der Waals surface area contributed by atoms with E-state index in [0.717, 1.165) is 4.31 Å². The second-order valence-corrected chi connectivity index (χ2v) is 7.50. The lowest BCUT2D eigenvalue weighted by molar-refractivity contribution is 0.0950. The fraction of sp³-hybridized carbons (Fsp3) is 0.188. The molecular weight excluding hydrogens is 360 g/mol. The van der Waals surface area contributed by atoms with E-state index in [-0.39, 0.29) is 23.5 Å². The van der Waals surface area contributed by atoms with Crippen LogP contribution in [0.2, 0.25) is 0 Å². The van der Waals surface area contributed by atoms with Crippen LogP contribution in [0.25, 0.3) is 0 Å². The topological polar surface area (TPSA) is 119 Å². The fourth-order valence-electron chi connectivity index (χ4n) is 2.21. The standard InChI is InChI=1S/C16H16N4O5S/c1-20(11-14-6-8-25-19-14)26(22,23)15-4-2-3-12(9-15)16(21)17-10-13-5-7-24-18-13/h2-9H,10-11H2,1H3,(H,17,21). The Balaban J connectivity index is 1.73. The summed E-state index contributed by atoms with van der Waals surface area (Å²) in [5.41, 5.74) is 1.27. The summed E-state index contributed by atoms with van der Waals surface area (Å²) in [5.74, 6) is -0.413. The van der Waals surface area contributed by atoms with Crippen molar-refractivity contribution in [1.82, 2.24) is 19.9 Å². The SMILES string of the molecule is CN(Cc1ccon1)S(=O)(=O)c1cccc(C(=O)NCc2ccon2)c1. The molecule has 0 saturated carbocycles. The molecule has 1 aromatic carbocycles. The van der Waals surface area contributed by atoms with E-state index in [4.69, 9.17) is 4.52 Å². The first-order chi connectivity index (χ1) is 12.5. The van der Waals surface area contributed by atoms with Gasteiger partial charge in [0.05, 0.1) is 23.7 Å². The normalized spacial score (nSPS) is 11.6. The van der Waals surface area contributed by atoms with Gasteiger partial charge in [-0.05, 0) is 18.2 Å². The van der Waals surface area contributed by atoms with Crippen LogP contribution < -0.4 is 5.32 Å². The van der Waals surface area contributed by atoms with Gasteiger partial charge >= 0.3 is 0 Å². The third kappa shape index (κ3) is 3.98. The Morgan fingerprint density at radius 3 is 2.46 bits per heavy atom. The monoisotopic (exact) mass is 376 g/mol. The number of aromatic nitrogens is 2. The smallest absolute Gasteiger partial charge is 0.251 e. The predicted octanol–water partition coefficient (Wildman–Crippen LogP) is 1.41. The molecule has 1 amide bonds. The highest BCUT2D eigenvalue weighted by molar-refractivity contribution is 7.89. The Hall–Kier alpha value is -2.98. The molecule has 3 aromatic rings. The van der Waals surface area contributed by atoms with Crippen LogP contribution in [0.15, 0.2) is 62.9 Å². The summed E-state index contributed by atoms with van der Waals surface area (Å²) < 4.78 is 35.9. The van der Waals surface area contributed by atoms with Crippen LogP contribution in [0.5, 0.6) is 0 Å². The number of nitrogens with zero attached hydrogens (tertiary/aromatic N) is 3. The number of carbonyl (C=O) groups is 1. The Bertz CT molecular complexity index is 968. The summed E-state index contributed by atoms with van der Waals surface area (Å²) in [7, 11) is -2.35. The molecule has 10 heteroatoms. The van der Waals surface area contributed by atoms with Crippen LogP contribution in [-0.2, 0) is 23.1 Å². The van der Waals surface area contributed by atoms with Crippen molar-refractivity contribution in [3.05, 3.63) is 65.9 Å². The Kier molecular flexibility index (Phi) is 5.14. The third-order valence-electron chi connectivity index (χ3n) is 3.60. The molecule has 9 nitrogen and oxygen atoms in total. The maximum Gasteiger partial charge on any atom is 0.251 e. The first kappa shape index (κ1) is 17.8. The van der Waals surface area contributed by atoms with Crippen molar-refractivity contribution >= 4 is 15.9 Å². The molecule has 3 rings (SSSR count). The average Bonchev–Trinajstić information content (AvgIpc) is 3.33. The van der Waals surface area contributed by atoms with E-state index < -0.39 is 15.9 Å². The van der Waals surface area contributed by atoms with Crippen LogP contribution in [0.1, 0.15) is 21.7 Å². The van der Waals surface area contributed by atoms with Crippen molar-refractivity contribution in [2.24, 2.45) is 0 Å². The van der Waals surface area contributed by atoms with Gasteiger partial charge in [-0.2, -0.15) is 4.31 Å². The van der Waals surface area contributed by atoms with E-state index in [1.54, 1.807) is 12.1 Å². The maximum absolute atomic E-state index is 12.7. The van der Waals surface area contributed by atoms with Gasteiger partial charge in [-0.25, -0.2) is 8.42 Å². The summed E-state index contributed by atoms with van der Waals surface area (Å²) in [4.78, 5) is 12.3. The van der Waals surface area contributed by atoms with Gasteiger partial charge in [-0.15, -0.1) is 0 Å². The number of nitrogens with one attached hydrogen (secondary N) is 1. The number of carbonyl (C=O) groups excluding carboxylic acids is 1. The van der Waals surface area contributed by atoms with Gasteiger partial charge in [-0.3, -0.25) is 4.79 Å². The molecule has 0 aliphatic heterocycles. The van der Waals surface area contributed by atoms with Crippen molar-refractivity contribution in [3.63, 3.8) is 0 Å². The second-order valence-electron chi connectivity index (χ2n) is 5.45. The van der Waals surface area contributed by atoms with E-state index in [1.165, 1.54) is 43.8 Å². The quantitative estimate of drug-likeness (QED) is 0.662. The van der Waals surface area contributed by atoms with Gasteiger partial charge in [0.2, 0.25) is 10.0 Å². The first-order valence-electron chi connectivity index (χ1n) is 7.60. The maximum atomic E-state index is 12.7. The zero-order chi connectivity index (χ0) is 18.6. The van der Waals surface area contributed by atoms with E-state index in [9.17, 15) is 13.2 Å². The van der Waals surface area contributed by atoms with Crippen molar-refractivity contribution in [3.8, 4) is 0 Å². The molecule has 0 aliphatic rings. The zero-order valence-electron chi connectivity index (χ0n) is 13.8. The minimum atomic E-state index is -3.78. The van der Waals surface area contributed by atoms with E-state index in [1.807, 2.05) is 0 Å². The Morgan fingerprint density at radius 2 is 1.81 bits per heavy atom.